The van der Waals surface area contributed by atoms with Crippen molar-refractivity contribution >= 4 is 5.69 Å². The van der Waals surface area contributed by atoms with Gasteiger partial charge in [-0.05, 0) is 45.5 Å². The van der Waals surface area contributed by atoms with Gasteiger partial charge in [0.25, 0.3) is 0 Å². The molecule has 1 aromatic heterocycles. The molecule has 0 amide bonds. The first kappa shape index (κ1) is 20.5. The fourth-order valence-electron chi connectivity index (χ4n) is 4.46. The Bertz CT molecular complexity index is 911. The number of hydrogen-bond donors (Lipinski definition) is 1. The van der Waals surface area contributed by atoms with E-state index >= 15 is 0 Å². The highest BCUT2D eigenvalue weighted by Gasteiger charge is 2.34. The number of nitrogens with zero attached hydrogens (tertiary/aromatic N) is 4. The molecule has 1 atom stereocenters. The molecule has 2 heterocycles. The highest BCUT2D eigenvalue weighted by Crippen LogP contribution is 2.35. The van der Waals surface area contributed by atoms with Crippen molar-refractivity contribution in [3.8, 4) is 11.4 Å². The highest BCUT2D eigenvalue weighted by atomic mass is 15.2. The number of hydrogen-bond acceptors (Lipinski definition) is 5. The van der Waals surface area contributed by atoms with Crippen LogP contribution in [-0.4, -0.2) is 48.7 Å². The van der Waals surface area contributed by atoms with Crippen LogP contribution >= 0.6 is 0 Å². The molecule has 1 N–H and O–H groups in total. The zero-order chi connectivity index (χ0) is 20.8. The molecule has 1 saturated heterocycles. The highest BCUT2D eigenvalue weighted by molar-refractivity contribution is 5.56. The SMILES string of the molecule is CN(C)[C@@]1(c2ccccc2)CCCN(c2cnc(-c3ccccc3)nc2)CNCC1. The monoisotopic (exact) mass is 401 g/mol. The maximum Gasteiger partial charge on any atom is 0.159 e. The van der Waals surface area contributed by atoms with Crippen LogP contribution in [0.2, 0.25) is 0 Å². The van der Waals surface area contributed by atoms with Crippen LogP contribution in [0.4, 0.5) is 5.69 Å². The molecule has 5 nitrogen and oxygen atoms in total. The smallest absolute Gasteiger partial charge is 0.159 e. The molecule has 1 aliphatic rings. The Hall–Kier alpha value is -2.76. The maximum atomic E-state index is 4.62. The van der Waals surface area contributed by atoms with Gasteiger partial charge in [0.2, 0.25) is 0 Å². The first-order chi connectivity index (χ1) is 14.7. The zero-order valence-corrected chi connectivity index (χ0v) is 18.0. The summed E-state index contributed by atoms with van der Waals surface area (Å²) in [4.78, 5) is 14.0. The minimum atomic E-state index is 0.0535. The van der Waals surface area contributed by atoms with E-state index in [-0.39, 0.29) is 5.54 Å². The average molecular weight is 402 g/mol. The summed E-state index contributed by atoms with van der Waals surface area (Å²) in [7, 11) is 4.41. The summed E-state index contributed by atoms with van der Waals surface area (Å²) in [6.45, 7) is 2.75. The Morgan fingerprint density at radius 1 is 0.900 bits per heavy atom. The Morgan fingerprint density at radius 2 is 1.57 bits per heavy atom. The zero-order valence-electron chi connectivity index (χ0n) is 18.0. The van der Waals surface area contributed by atoms with Gasteiger partial charge in [-0.25, -0.2) is 9.97 Å². The molecule has 4 rings (SSSR count). The molecule has 1 fully saturated rings. The predicted molar refractivity (Wildman–Crippen MR) is 123 cm³/mol. The van der Waals surface area contributed by atoms with Crippen molar-refractivity contribution in [2.24, 2.45) is 0 Å². The Balaban J connectivity index is 1.50. The van der Waals surface area contributed by atoms with Crippen LogP contribution in [0.3, 0.4) is 0 Å². The number of nitrogens with one attached hydrogen (secondary N) is 1. The summed E-state index contributed by atoms with van der Waals surface area (Å²) >= 11 is 0. The molecule has 3 aromatic rings. The van der Waals surface area contributed by atoms with E-state index < -0.39 is 0 Å². The third-order valence-corrected chi connectivity index (χ3v) is 6.24. The molecular formula is C25H31N5. The van der Waals surface area contributed by atoms with Gasteiger partial charge in [-0.1, -0.05) is 60.7 Å². The fourth-order valence-corrected chi connectivity index (χ4v) is 4.46. The number of anilines is 1. The van der Waals surface area contributed by atoms with E-state index in [1.165, 1.54) is 5.56 Å². The second kappa shape index (κ2) is 9.37. The third kappa shape index (κ3) is 4.37. The van der Waals surface area contributed by atoms with Crippen LogP contribution in [0, 0.1) is 0 Å². The first-order valence-electron chi connectivity index (χ1n) is 10.8. The van der Waals surface area contributed by atoms with Crippen LogP contribution in [0.1, 0.15) is 24.8 Å². The van der Waals surface area contributed by atoms with Gasteiger partial charge in [0.05, 0.1) is 24.7 Å². The Morgan fingerprint density at radius 3 is 2.23 bits per heavy atom. The van der Waals surface area contributed by atoms with Crippen molar-refractivity contribution in [1.29, 1.82) is 0 Å². The summed E-state index contributed by atoms with van der Waals surface area (Å²) in [6.07, 6.45) is 7.21. The largest absolute Gasteiger partial charge is 0.356 e. The topological polar surface area (TPSA) is 44.3 Å². The average Bonchev–Trinajstić information content (AvgIpc) is 2.91. The number of rotatable bonds is 4. The lowest BCUT2D eigenvalue weighted by Gasteiger charge is -2.41. The summed E-state index contributed by atoms with van der Waals surface area (Å²) in [5, 5.41) is 3.65. The van der Waals surface area contributed by atoms with Gasteiger partial charge in [-0.2, -0.15) is 0 Å². The van der Waals surface area contributed by atoms with Gasteiger partial charge in [0.15, 0.2) is 5.82 Å². The van der Waals surface area contributed by atoms with Crippen molar-refractivity contribution in [2.75, 3.05) is 38.8 Å². The van der Waals surface area contributed by atoms with E-state index in [9.17, 15) is 0 Å². The van der Waals surface area contributed by atoms with E-state index in [0.717, 1.165) is 56.1 Å². The Kier molecular flexibility index (Phi) is 6.41. The summed E-state index contributed by atoms with van der Waals surface area (Å²) in [6, 6.07) is 21.1. The minimum Gasteiger partial charge on any atom is -0.356 e. The van der Waals surface area contributed by atoms with Gasteiger partial charge in [0, 0.05) is 17.6 Å². The van der Waals surface area contributed by atoms with Gasteiger partial charge < -0.3 is 4.90 Å². The molecule has 2 aromatic carbocycles. The first-order valence-corrected chi connectivity index (χ1v) is 10.8. The van der Waals surface area contributed by atoms with Gasteiger partial charge in [-0.15, -0.1) is 0 Å². The third-order valence-electron chi connectivity index (χ3n) is 6.24. The van der Waals surface area contributed by atoms with Crippen molar-refractivity contribution in [2.45, 2.75) is 24.8 Å². The molecule has 0 saturated carbocycles. The fraction of sp³-hybridized carbons (Fsp3) is 0.360. The van der Waals surface area contributed by atoms with Crippen LogP contribution in [0.15, 0.2) is 73.1 Å². The molecular weight excluding hydrogens is 370 g/mol. The molecule has 5 heteroatoms. The lowest BCUT2D eigenvalue weighted by molar-refractivity contribution is 0.125. The summed E-state index contributed by atoms with van der Waals surface area (Å²) < 4.78 is 0. The molecule has 156 valence electrons. The molecule has 0 aliphatic carbocycles. The van der Waals surface area contributed by atoms with E-state index in [4.69, 9.17) is 0 Å². The van der Waals surface area contributed by atoms with E-state index in [0.29, 0.717) is 0 Å². The van der Waals surface area contributed by atoms with Crippen LogP contribution < -0.4 is 10.2 Å². The van der Waals surface area contributed by atoms with Crippen LogP contribution in [-0.2, 0) is 5.54 Å². The molecule has 0 radical (unpaired) electrons. The lowest BCUT2D eigenvalue weighted by atomic mass is 9.81. The molecule has 30 heavy (non-hydrogen) atoms. The van der Waals surface area contributed by atoms with Crippen molar-refractivity contribution in [1.82, 2.24) is 20.2 Å². The van der Waals surface area contributed by atoms with Gasteiger partial charge >= 0.3 is 0 Å². The standard InChI is InChI=1S/C25H31N5/c1-29(2)25(22-12-7-4-8-13-22)14-9-17-30(20-26-16-15-25)23-18-27-24(28-19-23)21-10-5-3-6-11-21/h3-8,10-13,18-19,26H,9,14-17,20H2,1-2H3/t25-/m0/s1. The van der Waals surface area contributed by atoms with Gasteiger partial charge in [-0.3, -0.25) is 10.2 Å². The van der Waals surface area contributed by atoms with Crippen LogP contribution in [0.5, 0.6) is 0 Å². The lowest BCUT2D eigenvalue weighted by Crippen LogP contribution is -2.43. The summed E-state index contributed by atoms with van der Waals surface area (Å²) in [5.41, 5.74) is 3.57. The maximum absolute atomic E-state index is 4.62. The normalized spacial score (nSPS) is 20.4. The quantitative estimate of drug-likeness (QED) is 0.712. The molecule has 0 bridgehead atoms. The molecule has 1 aliphatic heterocycles. The predicted octanol–water partition coefficient (Wildman–Crippen LogP) is 4.14. The second-order valence-electron chi connectivity index (χ2n) is 8.20. The van der Waals surface area contributed by atoms with Crippen molar-refractivity contribution in [3.05, 3.63) is 78.6 Å². The van der Waals surface area contributed by atoms with E-state index in [2.05, 4.69) is 69.5 Å². The van der Waals surface area contributed by atoms with Crippen molar-refractivity contribution < 1.29 is 0 Å². The van der Waals surface area contributed by atoms with E-state index in [1.807, 2.05) is 42.7 Å². The Labute approximate surface area is 179 Å². The molecule has 0 spiro atoms. The van der Waals surface area contributed by atoms with E-state index in [1.54, 1.807) is 0 Å². The number of aromatic nitrogens is 2. The minimum absolute atomic E-state index is 0.0535. The summed E-state index contributed by atoms with van der Waals surface area (Å²) in [5.74, 6) is 0.771. The number of benzene rings is 2. The van der Waals surface area contributed by atoms with Crippen molar-refractivity contribution in [3.63, 3.8) is 0 Å². The molecule has 0 unspecified atom stereocenters. The second-order valence-corrected chi connectivity index (χ2v) is 8.20. The van der Waals surface area contributed by atoms with Crippen LogP contribution in [0.25, 0.3) is 11.4 Å². The van der Waals surface area contributed by atoms with Gasteiger partial charge in [0.1, 0.15) is 0 Å².